The molecule has 1 aromatic heterocycles. The monoisotopic (exact) mass is 409 g/mol. The van der Waals surface area contributed by atoms with Crippen molar-refractivity contribution >= 4 is 23.2 Å². The van der Waals surface area contributed by atoms with Crippen LogP contribution in [0.2, 0.25) is 0 Å². The van der Waals surface area contributed by atoms with Gasteiger partial charge in [0.2, 0.25) is 0 Å². The number of nitrogens with two attached hydrogens (primary N) is 1. The molecule has 0 unspecified atom stereocenters. The molecule has 0 saturated carbocycles. The molecule has 0 spiro atoms. The number of rotatable bonds is 3. The first-order valence-corrected chi connectivity index (χ1v) is 10.2. The smallest absolute Gasteiger partial charge is 0.317 e. The number of carbonyl (C=O) groups is 1. The summed E-state index contributed by atoms with van der Waals surface area (Å²) >= 11 is 0. The summed E-state index contributed by atoms with van der Waals surface area (Å²) in [6, 6.07) is 7.74. The number of nitrogen functional groups attached to an aromatic ring is 1. The number of amides is 2. The summed E-state index contributed by atoms with van der Waals surface area (Å²) in [5, 5.41) is 17.1. The first kappa shape index (κ1) is 20.0. The van der Waals surface area contributed by atoms with E-state index >= 15 is 0 Å². The minimum absolute atomic E-state index is 0.0904. The zero-order chi connectivity index (χ0) is 21.3. The van der Waals surface area contributed by atoms with Crippen molar-refractivity contribution in [1.82, 2.24) is 20.0 Å². The highest BCUT2D eigenvalue weighted by molar-refractivity contribution is 5.75. The van der Waals surface area contributed by atoms with Gasteiger partial charge in [0.05, 0.1) is 18.2 Å². The Hall–Kier alpha value is -3.25. The second-order valence-corrected chi connectivity index (χ2v) is 7.71. The molecular formula is C21H27N7O2. The van der Waals surface area contributed by atoms with E-state index in [1.807, 2.05) is 18.0 Å². The highest BCUT2D eigenvalue weighted by atomic mass is 16.5. The fourth-order valence-corrected chi connectivity index (χ4v) is 4.23. The molecule has 158 valence electrons. The largest absolute Gasteiger partial charge is 0.398 e. The average molecular weight is 409 g/mol. The van der Waals surface area contributed by atoms with Crippen molar-refractivity contribution in [2.75, 3.05) is 44.5 Å². The number of anilines is 3. The van der Waals surface area contributed by atoms with Crippen molar-refractivity contribution in [3.63, 3.8) is 0 Å². The van der Waals surface area contributed by atoms with E-state index in [1.165, 1.54) is 5.69 Å². The third-order valence-corrected chi connectivity index (χ3v) is 5.96. The van der Waals surface area contributed by atoms with Gasteiger partial charge in [-0.05, 0) is 31.0 Å². The van der Waals surface area contributed by atoms with Gasteiger partial charge in [-0.25, -0.2) is 4.79 Å². The van der Waals surface area contributed by atoms with Gasteiger partial charge in [0, 0.05) is 62.9 Å². The van der Waals surface area contributed by atoms with E-state index in [1.54, 1.807) is 24.1 Å². The number of fused-ring (bicyclic) bond motifs is 1. The fourth-order valence-electron chi connectivity index (χ4n) is 4.23. The SMILES string of the molecule is CNC(=O)N1CCc2c(c(N(C)c3ccc(N)c(C#N)c3)nn2C2CCOCC2)C1. The van der Waals surface area contributed by atoms with Crippen molar-refractivity contribution < 1.29 is 9.53 Å². The summed E-state index contributed by atoms with van der Waals surface area (Å²) in [7, 11) is 3.58. The number of ether oxygens (including phenoxy) is 1. The van der Waals surface area contributed by atoms with Crippen LogP contribution < -0.4 is 16.0 Å². The van der Waals surface area contributed by atoms with E-state index in [2.05, 4.69) is 16.1 Å². The van der Waals surface area contributed by atoms with E-state index in [4.69, 9.17) is 15.6 Å². The van der Waals surface area contributed by atoms with E-state index in [0.717, 1.165) is 49.5 Å². The quantitative estimate of drug-likeness (QED) is 0.751. The average Bonchev–Trinajstić information content (AvgIpc) is 3.17. The van der Waals surface area contributed by atoms with Crippen LogP contribution in [0.5, 0.6) is 0 Å². The standard InChI is InChI=1S/C21H27N7O2/c1-24-21(29)27-8-5-19-17(13-27)20(25-28(19)15-6-9-30-10-7-15)26(2)16-3-4-18(23)14(11-16)12-22/h3-4,11,15H,5-10,13,23H2,1-2H3,(H,24,29). The topological polar surface area (TPSA) is 112 Å². The summed E-state index contributed by atoms with van der Waals surface area (Å²) in [6.45, 7) is 2.62. The summed E-state index contributed by atoms with van der Waals surface area (Å²) in [5.41, 5.74) is 9.84. The van der Waals surface area contributed by atoms with Crippen molar-refractivity contribution in [3.05, 3.63) is 35.0 Å². The van der Waals surface area contributed by atoms with E-state index in [9.17, 15) is 10.1 Å². The Morgan fingerprint density at radius 1 is 1.40 bits per heavy atom. The third-order valence-electron chi connectivity index (χ3n) is 5.96. The Labute approximate surface area is 176 Å². The van der Waals surface area contributed by atoms with Gasteiger partial charge in [-0.1, -0.05) is 0 Å². The minimum atomic E-state index is -0.0904. The number of hydrogen-bond acceptors (Lipinski definition) is 6. The van der Waals surface area contributed by atoms with Gasteiger partial charge in [0.25, 0.3) is 0 Å². The molecule has 0 aliphatic carbocycles. The first-order valence-electron chi connectivity index (χ1n) is 10.2. The van der Waals surface area contributed by atoms with Crippen molar-refractivity contribution in [2.24, 2.45) is 0 Å². The van der Waals surface area contributed by atoms with Crippen LogP contribution in [0.3, 0.4) is 0 Å². The van der Waals surface area contributed by atoms with Crippen LogP contribution in [0.1, 0.15) is 35.7 Å². The van der Waals surface area contributed by atoms with Gasteiger partial charge in [-0.15, -0.1) is 0 Å². The van der Waals surface area contributed by atoms with Crippen molar-refractivity contribution in [1.29, 1.82) is 5.26 Å². The molecule has 1 saturated heterocycles. The van der Waals surface area contributed by atoms with Gasteiger partial charge in [0.15, 0.2) is 5.82 Å². The lowest BCUT2D eigenvalue weighted by molar-refractivity contribution is 0.0651. The predicted molar refractivity (Wildman–Crippen MR) is 114 cm³/mol. The van der Waals surface area contributed by atoms with Crippen molar-refractivity contribution in [2.45, 2.75) is 31.8 Å². The van der Waals surface area contributed by atoms with E-state index in [-0.39, 0.29) is 6.03 Å². The first-order chi connectivity index (χ1) is 14.5. The Morgan fingerprint density at radius 2 is 2.17 bits per heavy atom. The summed E-state index contributed by atoms with van der Waals surface area (Å²) in [5.74, 6) is 0.804. The van der Waals surface area contributed by atoms with Crippen LogP contribution in [0, 0.1) is 11.3 Å². The molecule has 9 nitrogen and oxygen atoms in total. The molecule has 0 radical (unpaired) electrons. The fraction of sp³-hybridized carbons (Fsp3) is 0.476. The van der Waals surface area contributed by atoms with Gasteiger partial charge in [-0.2, -0.15) is 10.4 Å². The summed E-state index contributed by atoms with van der Waals surface area (Å²) in [6.07, 6.45) is 2.61. The van der Waals surface area contributed by atoms with Crippen LogP contribution in [0.25, 0.3) is 0 Å². The van der Waals surface area contributed by atoms with Crippen LogP contribution in [0.15, 0.2) is 18.2 Å². The molecule has 2 amide bonds. The van der Waals surface area contributed by atoms with Gasteiger partial charge < -0.3 is 25.6 Å². The normalized spacial score (nSPS) is 16.6. The lowest BCUT2D eigenvalue weighted by atomic mass is 10.0. The van der Waals surface area contributed by atoms with Gasteiger partial charge >= 0.3 is 6.03 Å². The molecule has 2 aliphatic rings. The van der Waals surface area contributed by atoms with E-state index < -0.39 is 0 Å². The lowest BCUT2D eigenvalue weighted by Crippen LogP contribution is -2.41. The van der Waals surface area contributed by atoms with Crippen LogP contribution in [-0.2, 0) is 17.7 Å². The number of aromatic nitrogens is 2. The predicted octanol–water partition coefficient (Wildman–Crippen LogP) is 2.15. The highest BCUT2D eigenvalue weighted by Gasteiger charge is 2.31. The Balaban J connectivity index is 1.75. The summed E-state index contributed by atoms with van der Waals surface area (Å²) in [4.78, 5) is 16.0. The molecule has 3 N–H and O–H groups in total. The number of nitrogens with one attached hydrogen (secondary N) is 1. The number of urea groups is 1. The Morgan fingerprint density at radius 3 is 2.87 bits per heavy atom. The van der Waals surface area contributed by atoms with Gasteiger partial charge in [-0.3, -0.25) is 4.68 Å². The zero-order valence-corrected chi connectivity index (χ0v) is 17.4. The minimum Gasteiger partial charge on any atom is -0.398 e. The molecule has 3 heterocycles. The molecular weight excluding hydrogens is 382 g/mol. The lowest BCUT2D eigenvalue weighted by Gasteiger charge is -2.30. The van der Waals surface area contributed by atoms with Crippen molar-refractivity contribution in [3.8, 4) is 6.07 Å². The zero-order valence-electron chi connectivity index (χ0n) is 17.4. The second kappa shape index (κ2) is 8.24. The third kappa shape index (κ3) is 3.55. The maximum atomic E-state index is 12.3. The second-order valence-electron chi connectivity index (χ2n) is 7.71. The number of hydrogen-bond donors (Lipinski definition) is 2. The number of nitrogens with zero attached hydrogens (tertiary/aromatic N) is 5. The molecule has 1 aromatic carbocycles. The molecule has 2 aromatic rings. The van der Waals surface area contributed by atoms with Gasteiger partial charge in [0.1, 0.15) is 6.07 Å². The molecule has 9 heteroatoms. The highest BCUT2D eigenvalue weighted by Crippen LogP contribution is 2.36. The maximum Gasteiger partial charge on any atom is 0.317 e. The number of carbonyl (C=O) groups excluding carboxylic acids is 1. The van der Waals surface area contributed by atoms with Crippen LogP contribution in [-0.4, -0.2) is 54.6 Å². The molecule has 0 bridgehead atoms. The Bertz CT molecular complexity index is 988. The molecule has 4 rings (SSSR count). The molecule has 30 heavy (non-hydrogen) atoms. The van der Waals surface area contributed by atoms with Crippen LogP contribution in [0.4, 0.5) is 22.0 Å². The maximum absolute atomic E-state index is 12.3. The van der Waals surface area contributed by atoms with Crippen LogP contribution >= 0.6 is 0 Å². The Kier molecular flexibility index (Phi) is 5.50. The molecule has 0 atom stereocenters. The van der Waals surface area contributed by atoms with E-state index in [0.29, 0.717) is 30.4 Å². The number of benzene rings is 1. The number of nitriles is 1. The molecule has 2 aliphatic heterocycles. The molecule has 1 fully saturated rings. The summed E-state index contributed by atoms with van der Waals surface area (Å²) < 4.78 is 7.68.